The number of benzene rings is 4. The van der Waals surface area contributed by atoms with Crippen LogP contribution < -0.4 is 0 Å². The lowest BCUT2D eigenvalue weighted by Gasteiger charge is -2.06. The minimum absolute atomic E-state index is 1.03. The number of hydrogen-bond donors (Lipinski definition) is 0. The van der Waals surface area contributed by atoms with Crippen LogP contribution in [0.1, 0.15) is 40.3 Å². The van der Waals surface area contributed by atoms with Crippen LogP contribution in [0.15, 0.2) is 84.9 Å². The third kappa shape index (κ3) is 3.76. The molecule has 142 valence electrons. The van der Waals surface area contributed by atoms with Crippen LogP contribution in [0.5, 0.6) is 0 Å². The molecule has 0 nitrogen and oxygen atoms in total. The van der Waals surface area contributed by atoms with Gasteiger partial charge in [-0.2, -0.15) is 0 Å². The third-order valence-electron chi connectivity index (χ3n) is 6.17. The molecule has 1 aliphatic rings. The van der Waals surface area contributed by atoms with Gasteiger partial charge in [0.15, 0.2) is 0 Å². The molecular weight excluding hydrogens is 348 g/mol. The van der Waals surface area contributed by atoms with E-state index in [9.17, 15) is 0 Å². The van der Waals surface area contributed by atoms with Crippen LogP contribution in [-0.2, 0) is 25.7 Å². The van der Waals surface area contributed by atoms with Gasteiger partial charge in [-0.25, -0.2) is 0 Å². The van der Waals surface area contributed by atoms with Gasteiger partial charge < -0.3 is 0 Å². The SMILES string of the molecule is CCc1ccc(CCc2ccc3c(c2)C=C(c2ccc4ccccc4c2)C3)cc1. The lowest BCUT2D eigenvalue weighted by Crippen LogP contribution is -1.93. The predicted molar refractivity (Wildman–Crippen MR) is 125 cm³/mol. The topological polar surface area (TPSA) is 0 Å². The first kappa shape index (κ1) is 17.9. The summed E-state index contributed by atoms with van der Waals surface area (Å²) in [7, 11) is 0. The zero-order valence-corrected chi connectivity index (χ0v) is 17.0. The molecule has 4 aromatic rings. The maximum absolute atomic E-state index is 2.39. The Morgan fingerprint density at radius 2 is 1.38 bits per heavy atom. The van der Waals surface area contributed by atoms with Gasteiger partial charge in [0, 0.05) is 0 Å². The van der Waals surface area contributed by atoms with Crippen molar-refractivity contribution in [2.24, 2.45) is 0 Å². The molecule has 0 bridgehead atoms. The summed E-state index contributed by atoms with van der Waals surface area (Å²) in [6.45, 7) is 2.21. The summed E-state index contributed by atoms with van der Waals surface area (Å²) >= 11 is 0. The Balaban J connectivity index is 1.34. The van der Waals surface area contributed by atoms with Crippen LogP contribution in [-0.4, -0.2) is 0 Å². The van der Waals surface area contributed by atoms with Crippen molar-refractivity contribution in [3.05, 3.63) is 118 Å². The molecular formula is C29H26. The van der Waals surface area contributed by atoms with E-state index in [1.165, 1.54) is 49.7 Å². The van der Waals surface area contributed by atoms with Crippen LogP contribution in [0.2, 0.25) is 0 Å². The third-order valence-corrected chi connectivity index (χ3v) is 6.17. The average molecular weight is 375 g/mol. The molecule has 0 spiro atoms. The van der Waals surface area contributed by atoms with E-state index in [1.807, 2.05) is 0 Å². The number of rotatable bonds is 5. The highest BCUT2D eigenvalue weighted by atomic mass is 14.2. The molecule has 0 heteroatoms. The maximum Gasteiger partial charge on any atom is -0.00137 e. The summed E-state index contributed by atoms with van der Waals surface area (Å²) in [5.41, 5.74) is 9.89. The lowest BCUT2D eigenvalue weighted by molar-refractivity contribution is 0.955. The van der Waals surface area contributed by atoms with Gasteiger partial charge in [0.05, 0.1) is 0 Å². The van der Waals surface area contributed by atoms with Gasteiger partial charge in [0.1, 0.15) is 0 Å². The molecule has 0 aliphatic heterocycles. The van der Waals surface area contributed by atoms with E-state index in [2.05, 4.69) is 97.9 Å². The first-order chi connectivity index (χ1) is 14.3. The minimum atomic E-state index is 1.03. The Kier molecular flexibility index (Phi) is 4.77. The fraction of sp³-hybridized carbons (Fsp3) is 0.172. The van der Waals surface area contributed by atoms with E-state index in [4.69, 9.17) is 0 Å². The van der Waals surface area contributed by atoms with Crippen molar-refractivity contribution >= 4 is 22.4 Å². The molecule has 0 aromatic heterocycles. The van der Waals surface area contributed by atoms with Crippen LogP contribution in [0, 0.1) is 0 Å². The molecule has 1 aliphatic carbocycles. The summed E-state index contributed by atoms with van der Waals surface area (Å²) < 4.78 is 0. The Morgan fingerprint density at radius 1 is 0.655 bits per heavy atom. The Labute approximate surface area is 173 Å². The Bertz CT molecular complexity index is 1190. The van der Waals surface area contributed by atoms with Crippen molar-refractivity contribution in [1.29, 1.82) is 0 Å². The van der Waals surface area contributed by atoms with Crippen LogP contribution >= 0.6 is 0 Å². The van der Waals surface area contributed by atoms with Crippen molar-refractivity contribution in [3.63, 3.8) is 0 Å². The predicted octanol–water partition coefficient (Wildman–Crippen LogP) is 7.28. The quantitative estimate of drug-likeness (QED) is 0.344. The summed E-state index contributed by atoms with van der Waals surface area (Å²) in [5.74, 6) is 0. The zero-order valence-electron chi connectivity index (χ0n) is 17.0. The lowest BCUT2D eigenvalue weighted by atomic mass is 9.99. The summed E-state index contributed by atoms with van der Waals surface area (Å²) in [4.78, 5) is 0. The highest BCUT2D eigenvalue weighted by Gasteiger charge is 2.15. The fourth-order valence-electron chi connectivity index (χ4n) is 4.34. The first-order valence-electron chi connectivity index (χ1n) is 10.7. The highest BCUT2D eigenvalue weighted by molar-refractivity contribution is 5.93. The van der Waals surface area contributed by atoms with E-state index >= 15 is 0 Å². The van der Waals surface area contributed by atoms with Crippen molar-refractivity contribution in [2.45, 2.75) is 32.6 Å². The van der Waals surface area contributed by atoms with Crippen molar-refractivity contribution in [3.8, 4) is 0 Å². The van der Waals surface area contributed by atoms with E-state index < -0.39 is 0 Å². The van der Waals surface area contributed by atoms with Crippen molar-refractivity contribution in [2.75, 3.05) is 0 Å². The van der Waals surface area contributed by atoms with Gasteiger partial charge in [-0.05, 0) is 81.5 Å². The number of hydrogen-bond acceptors (Lipinski definition) is 0. The smallest absolute Gasteiger partial charge is 0.00137 e. The van der Waals surface area contributed by atoms with E-state index in [1.54, 1.807) is 0 Å². The second-order valence-corrected chi connectivity index (χ2v) is 8.11. The van der Waals surface area contributed by atoms with Crippen molar-refractivity contribution in [1.82, 2.24) is 0 Å². The van der Waals surface area contributed by atoms with Gasteiger partial charge in [-0.15, -0.1) is 0 Å². The largest absolute Gasteiger partial charge is 0.0616 e. The molecule has 0 radical (unpaired) electrons. The first-order valence-corrected chi connectivity index (χ1v) is 10.7. The van der Waals surface area contributed by atoms with E-state index in [-0.39, 0.29) is 0 Å². The molecule has 0 heterocycles. The van der Waals surface area contributed by atoms with Crippen molar-refractivity contribution < 1.29 is 0 Å². The Morgan fingerprint density at radius 3 is 2.21 bits per heavy atom. The number of fused-ring (bicyclic) bond motifs is 2. The summed E-state index contributed by atoms with van der Waals surface area (Å²) in [6.07, 6.45) is 6.73. The van der Waals surface area contributed by atoms with Gasteiger partial charge in [-0.3, -0.25) is 0 Å². The molecule has 0 amide bonds. The van der Waals surface area contributed by atoms with Crippen LogP contribution in [0.3, 0.4) is 0 Å². The highest BCUT2D eigenvalue weighted by Crippen LogP contribution is 2.33. The zero-order chi connectivity index (χ0) is 19.6. The van der Waals surface area contributed by atoms with Gasteiger partial charge in [-0.1, -0.05) is 91.9 Å². The second-order valence-electron chi connectivity index (χ2n) is 8.11. The summed E-state index contributed by atoms with van der Waals surface area (Å²) in [5, 5.41) is 2.62. The van der Waals surface area contributed by atoms with Crippen LogP contribution in [0.4, 0.5) is 0 Å². The fourth-order valence-corrected chi connectivity index (χ4v) is 4.34. The minimum Gasteiger partial charge on any atom is -0.0616 e. The molecule has 29 heavy (non-hydrogen) atoms. The Hall–Kier alpha value is -3.12. The monoisotopic (exact) mass is 374 g/mol. The normalized spacial score (nSPS) is 12.8. The summed E-state index contributed by atoms with van der Waals surface area (Å²) in [6, 6.07) is 31.6. The molecule has 0 unspecified atom stereocenters. The maximum atomic E-state index is 2.39. The van der Waals surface area contributed by atoms with Gasteiger partial charge in [0.25, 0.3) is 0 Å². The van der Waals surface area contributed by atoms with Gasteiger partial charge >= 0.3 is 0 Å². The molecule has 0 fully saturated rings. The molecule has 0 saturated carbocycles. The molecule has 0 atom stereocenters. The number of allylic oxidation sites excluding steroid dienone is 1. The molecule has 4 aromatic carbocycles. The standard InChI is InChI=1S/C29H26/c1-2-21-7-9-22(10-8-21)11-12-23-13-14-26-19-29(20-28(26)17-23)27-16-15-24-5-3-4-6-25(24)18-27/h3-10,13-18,20H,2,11-12,19H2,1H3. The molecule has 0 N–H and O–H groups in total. The van der Waals surface area contributed by atoms with E-state index in [0.29, 0.717) is 0 Å². The molecule has 5 rings (SSSR count). The van der Waals surface area contributed by atoms with Gasteiger partial charge in [0.2, 0.25) is 0 Å². The number of aryl methyl sites for hydroxylation is 3. The van der Waals surface area contributed by atoms with Crippen LogP contribution in [0.25, 0.3) is 22.4 Å². The second kappa shape index (κ2) is 7.72. The average Bonchev–Trinajstić information content (AvgIpc) is 3.21. The molecule has 0 saturated heterocycles. The van der Waals surface area contributed by atoms with E-state index in [0.717, 1.165) is 25.7 Å².